The van der Waals surface area contributed by atoms with Gasteiger partial charge >= 0.3 is 5.97 Å². The van der Waals surface area contributed by atoms with Crippen molar-refractivity contribution < 1.29 is 28.5 Å². The topological polar surface area (TPSA) is 117 Å². The minimum Gasteiger partial charge on any atom is -0.460 e. The molecule has 0 spiro atoms. The summed E-state index contributed by atoms with van der Waals surface area (Å²) in [5, 5.41) is 4.89. The van der Waals surface area contributed by atoms with Gasteiger partial charge in [0.25, 0.3) is 6.47 Å². The van der Waals surface area contributed by atoms with Crippen LogP contribution in [0.2, 0.25) is 51.4 Å². The number of hydrogen-bond donors (Lipinski definition) is 0. The highest BCUT2D eigenvalue weighted by Gasteiger charge is 2.28. The van der Waals surface area contributed by atoms with Crippen LogP contribution in [0.5, 0.6) is 0 Å². The fraction of sp³-hybridized carbons (Fsp3) is 0.475. The molecule has 53 heavy (non-hydrogen) atoms. The Labute approximate surface area is 315 Å². The molecule has 0 unspecified atom stereocenters. The van der Waals surface area contributed by atoms with Gasteiger partial charge in [0.2, 0.25) is 5.76 Å². The minimum absolute atomic E-state index is 0.00559. The van der Waals surface area contributed by atoms with E-state index < -0.39 is 22.1 Å². The third kappa shape index (κ3) is 11.2. The van der Waals surface area contributed by atoms with Gasteiger partial charge in [-0.1, -0.05) is 75.7 Å². The van der Waals surface area contributed by atoms with Crippen molar-refractivity contribution in [3.63, 3.8) is 0 Å². The number of allylic oxidation sites excluding steroid dienone is 1. The van der Waals surface area contributed by atoms with Crippen molar-refractivity contribution in [1.82, 2.24) is 19.6 Å². The number of fused-ring (bicyclic) bond motifs is 1. The lowest BCUT2D eigenvalue weighted by Crippen LogP contribution is -2.33. The summed E-state index contributed by atoms with van der Waals surface area (Å²) in [4.78, 5) is 36.1. The predicted octanol–water partition coefficient (Wildman–Crippen LogP) is 8.54. The lowest BCUT2D eigenvalue weighted by molar-refractivity contribution is -0.146. The third-order valence-corrected chi connectivity index (χ3v) is 12.8. The van der Waals surface area contributed by atoms with Gasteiger partial charge in [-0.25, -0.2) is 9.78 Å². The molecule has 5 rings (SSSR count). The number of pyridine rings is 1. The first kappa shape index (κ1) is 40.0. The van der Waals surface area contributed by atoms with Crippen molar-refractivity contribution in [3.8, 4) is 22.4 Å². The zero-order chi connectivity index (χ0) is 38.0. The van der Waals surface area contributed by atoms with Crippen LogP contribution >= 0.6 is 0 Å². The highest BCUT2D eigenvalue weighted by molar-refractivity contribution is 6.76. The maximum atomic E-state index is 12.6. The van der Waals surface area contributed by atoms with Gasteiger partial charge in [0.15, 0.2) is 5.65 Å². The number of anilines is 1. The molecule has 3 heterocycles. The van der Waals surface area contributed by atoms with Crippen molar-refractivity contribution in [3.05, 3.63) is 78.0 Å². The average molecular weight is 758 g/mol. The minimum atomic E-state index is -1.29. The van der Waals surface area contributed by atoms with Gasteiger partial charge in [-0.05, 0) is 56.3 Å². The Bertz CT molecular complexity index is 1820. The second kappa shape index (κ2) is 18.2. The number of rotatable bonds is 18. The van der Waals surface area contributed by atoms with E-state index in [9.17, 15) is 9.59 Å². The van der Waals surface area contributed by atoms with Gasteiger partial charge in [-0.2, -0.15) is 9.61 Å². The summed E-state index contributed by atoms with van der Waals surface area (Å²) in [5.74, 6) is 0.325. The van der Waals surface area contributed by atoms with Crippen LogP contribution in [0.25, 0.3) is 28.0 Å². The Morgan fingerprint density at radius 3 is 2.13 bits per heavy atom. The average Bonchev–Trinajstić information content (AvgIpc) is 3.57. The number of ether oxygens (including phenoxy) is 4. The Hall–Kier alpha value is -4.18. The van der Waals surface area contributed by atoms with Crippen LogP contribution < -0.4 is 4.90 Å². The van der Waals surface area contributed by atoms with E-state index in [1.54, 1.807) is 6.92 Å². The summed E-state index contributed by atoms with van der Waals surface area (Å²) in [6.45, 7) is 18.4. The summed E-state index contributed by atoms with van der Waals surface area (Å²) in [7, 11) is -2.58. The van der Waals surface area contributed by atoms with Crippen molar-refractivity contribution in [2.24, 2.45) is 0 Å². The van der Waals surface area contributed by atoms with E-state index >= 15 is 0 Å². The van der Waals surface area contributed by atoms with Crippen LogP contribution in [0.3, 0.4) is 0 Å². The molecule has 0 radical (unpaired) electrons. The second-order valence-electron chi connectivity index (χ2n) is 16.0. The van der Waals surface area contributed by atoms with E-state index in [-0.39, 0.29) is 18.3 Å². The number of carbonyl (C=O) groups is 2. The first-order valence-electron chi connectivity index (χ1n) is 18.7. The molecule has 1 saturated carbocycles. The molecule has 1 aliphatic carbocycles. The number of benzene rings is 1. The Kier molecular flexibility index (Phi) is 13.8. The smallest absolute Gasteiger partial charge is 0.374 e. The molecule has 1 aromatic carbocycles. The monoisotopic (exact) mass is 757 g/mol. The fourth-order valence-corrected chi connectivity index (χ4v) is 7.73. The summed E-state index contributed by atoms with van der Waals surface area (Å²) in [5.41, 5.74) is 6.17. The number of esters is 1. The lowest BCUT2D eigenvalue weighted by Gasteiger charge is -2.29. The van der Waals surface area contributed by atoms with Crippen molar-refractivity contribution >= 4 is 40.1 Å². The Morgan fingerprint density at radius 2 is 1.57 bits per heavy atom. The molecule has 284 valence electrons. The first-order chi connectivity index (χ1) is 25.4. The van der Waals surface area contributed by atoms with Crippen LogP contribution in [0, 0.1) is 0 Å². The van der Waals surface area contributed by atoms with Gasteiger partial charge in [0.1, 0.15) is 19.3 Å². The summed E-state index contributed by atoms with van der Waals surface area (Å²) in [6, 6.07) is 18.4. The van der Waals surface area contributed by atoms with Crippen LogP contribution in [0.15, 0.2) is 72.3 Å². The van der Waals surface area contributed by atoms with Gasteiger partial charge < -0.3 is 23.8 Å². The summed E-state index contributed by atoms with van der Waals surface area (Å²) in [6.07, 6.45) is 6.34. The SMILES string of the molecule is CCOC(=O)C(OC=O)=C1CCC(c2cc(N(COCC[Si](C)(C)C)COCC[Si](C)(C)C)n3ncc(-c4ccc(-c5ccccc5)nc4)c3n2)CC1. The number of aromatic nitrogens is 4. The molecule has 3 aromatic heterocycles. The van der Waals surface area contributed by atoms with Crippen LogP contribution in [-0.2, 0) is 28.5 Å². The van der Waals surface area contributed by atoms with Gasteiger partial charge in [-0.15, -0.1) is 0 Å². The Balaban J connectivity index is 1.52. The molecule has 11 nitrogen and oxygen atoms in total. The van der Waals surface area contributed by atoms with E-state index in [4.69, 9.17) is 34.0 Å². The standard InChI is InChI=1S/C40H55N5O6Si2/c1-8-50-40(47)38(51-29-46)32-16-14-31(15-17-32)36-24-37(44(27-48-20-22-52(2,3)4)28-49-21-23-53(5,6)7)45-39(43-36)34(26-42-45)33-18-19-35(41-25-33)30-12-10-9-11-13-30/h9-13,18-19,24-26,29,31H,8,14-17,20-23,27-28H2,1-7H3. The van der Waals surface area contributed by atoms with E-state index in [1.165, 1.54) is 0 Å². The highest BCUT2D eigenvalue weighted by atomic mass is 28.3. The zero-order valence-corrected chi connectivity index (χ0v) is 34.4. The molecular formula is C40H55N5O6Si2. The maximum absolute atomic E-state index is 12.6. The van der Waals surface area contributed by atoms with Crippen molar-refractivity contribution in [2.75, 3.05) is 38.2 Å². The Morgan fingerprint density at radius 1 is 0.906 bits per heavy atom. The summed E-state index contributed by atoms with van der Waals surface area (Å²) < 4.78 is 24.9. The van der Waals surface area contributed by atoms with E-state index in [2.05, 4.69) is 68.4 Å². The molecule has 0 atom stereocenters. The first-order valence-corrected chi connectivity index (χ1v) is 26.1. The van der Waals surface area contributed by atoms with Crippen LogP contribution in [-0.4, -0.2) is 81.5 Å². The van der Waals surface area contributed by atoms with Crippen LogP contribution in [0.4, 0.5) is 5.82 Å². The number of hydrogen-bond acceptors (Lipinski definition) is 10. The molecular weight excluding hydrogens is 703 g/mol. The second-order valence-corrected chi connectivity index (χ2v) is 27.3. The summed E-state index contributed by atoms with van der Waals surface area (Å²) >= 11 is 0. The fourth-order valence-electron chi connectivity index (χ4n) is 6.22. The van der Waals surface area contributed by atoms with Gasteiger partial charge in [0, 0.05) is 69.9 Å². The quantitative estimate of drug-likeness (QED) is 0.0186. The largest absolute Gasteiger partial charge is 0.460 e. The molecule has 0 bridgehead atoms. The predicted molar refractivity (Wildman–Crippen MR) is 214 cm³/mol. The van der Waals surface area contributed by atoms with Crippen molar-refractivity contribution in [1.29, 1.82) is 0 Å². The van der Waals surface area contributed by atoms with E-state index in [0.717, 1.165) is 70.0 Å². The molecule has 1 aliphatic rings. The van der Waals surface area contributed by atoms with Gasteiger partial charge in [0.05, 0.1) is 18.5 Å². The molecule has 13 heteroatoms. The molecule has 4 aromatic rings. The maximum Gasteiger partial charge on any atom is 0.374 e. The van der Waals surface area contributed by atoms with E-state index in [0.29, 0.717) is 46.0 Å². The van der Waals surface area contributed by atoms with Gasteiger partial charge in [-0.3, -0.25) is 9.78 Å². The zero-order valence-electron chi connectivity index (χ0n) is 32.4. The molecule has 0 amide bonds. The number of nitrogens with zero attached hydrogens (tertiary/aromatic N) is 5. The molecule has 1 fully saturated rings. The number of carbonyl (C=O) groups excluding carboxylic acids is 2. The van der Waals surface area contributed by atoms with E-state index in [1.807, 2.05) is 41.2 Å². The normalized spacial score (nSPS) is 15.0. The third-order valence-electron chi connectivity index (χ3n) is 9.38. The van der Waals surface area contributed by atoms with Crippen LogP contribution in [0.1, 0.15) is 44.2 Å². The highest BCUT2D eigenvalue weighted by Crippen LogP contribution is 2.39. The lowest BCUT2D eigenvalue weighted by atomic mass is 9.83. The molecule has 0 N–H and O–H groups in total. The molecule has 0 saturated heterocycles. The van der Waals surface area contributed by atoms with Crippen molar-refractivity contribution in [2.45, 2.75) is 89.9 Å². The molecule has 0 aliphatic heterocycles.